The quantitative estimate of drug-likeness (QED) is 0.673. The lowest BCUT2D eigenvalue weighted by molar-refractivity contribution is 0.0535. The van der Waals surface area contributed by atoms with Crippen molar-refractivity contribution in [3.05, 3.63) is 84.1 Å². The topological polar surface area (TPSA) is 62.7 Å². The molecule has 0 bridgehead atoms. The van der Waals surface area contributed by atoms with E-state index in [0.29, 0.717) is 37.3 Å². The van der Waals surface area contributed by atoms with Gasteiger partial charge in [0.2, 0.25) is 0 Å². The van der Waals surface area contributed by atoms with Gasteiger partial charge in [-0.2, -0.15) is 0 Å². The van der Waals surface area contributed by atoms with Crippen molar-refractivity contribution in [1.82, 2.24) is 14.8 Å². The normalized spacial score (nSPS) is 13.8. The lowest BCUT2D eigenvalue weighted by Crippen LogP contribution is -2.50. The second-order valence-corrected chi connectivity index (χ2v) is 7.11. The lowest BCUT2D eigenvalue weighted by Gasteiger charge is -2.35. The first-order valence-electron chi connectivity index (χ1n) is 9.90. The standard InChI is InChI=1S/C24H23N3O3/c1-30-21-10-8-18(9-11-21)23(28)26-13-15-27(16-14-26)24(29)20-6-4-5-19(17-20)22-7-2-3-12-25-22/h2-12,17H,13-16H2,1H3. The number of piperazine rings is 1. The van der Waals surface area contributed by atoms with Crippen molar-refractivity contribution in [2.75, 3.05) is 33.3 Å². The van der Waals surface area contributed by atoms with Crippen LogP contribution in [0.15, 0.2) is 72.9 Å². The van der Waals surface area contributed by atoms with Gasteiger partial charge in [-0.15, -0.1) is 0 Å². The minimum absolute atomic E-state index is 0.0238. The molecule has 1 aliphatic rings. The Kier molecular flexibility index (Phi) is 5.75. The molecule has 2 aromatic carbocycles. The Balaban J connectivity index is 1.40. The second kappa shape index (κ2) is 8.78. The van der Waals surface area contributed by atoms with Crippen LogP contribution in [0.2, 0.25) is 0 Å². The largest absolute Gasteiger partial charge is 0.497 e. The average Bonchev–Trinajstić information content (AvgIpc) is 2.84. The van der Waals surface area contributed by atoms with Crippen LogP contribution in [0.1, 0.15) is 20.7 Å². The number of carbonyl (C=O) groups is 2. The molecule has 1 aliphatic heterocycles. The molecular weight excluding hydrogens is 378 g/mol. The van der Waals surface area contributed by atoms with Crippen LogP contribution >= 0.6 is 0 Å². The van der Waals surface area contributed by atoms with Crippen LogP contribution in [0, 0.1) is 0 Å². The maximum atomic E-state index is 13.0. The molecule has 30 heavy (non-hydrogen) atoms. The smallest absolute Gasteiger partial charge is 0.253 e. The van der Waals surface area contributed by atoms with Gasteiger partial charge in [0.15, 0.2) is 0 Å². The molecule has 2 heterocycles. The molecule has 0 spiro atoms. The lowest BCUT2D eigenvalue weighted by atomic mass is 10.1. The van der Waals surface area contributed by atoms with E-state index >= 15 is 0 Å². The van der Waals surface area contributed by atoms with Crippen molar-refractivity contribution in [3.8, 4) is 17.0 Å². The van der Waals surface area contributed by atoms with Crippen molar-refractivity contribution >= 4 is 11.8 Å². The number of ether oxygens (including phenoxy) is 1. The maximum absolute atomic E-state index is 13.0. The number of pyridine rings is 1. The maximum Gasteiger partial charge on any atom is 0.253 e. The van der Waals surface area contributed by atoms with Gasteiger partial charge >= 0.3 is 0 Å². The van der Waals surface area contributed by atoms with Crippen molar-refractivity contribution in [3.63, 3.8) is 0 Å². The molecule has 6 nitrogen and oxygen atoms in total. The number of aromatic nitrogens is 1. The Morgan fingerprint density at radius 3 is 2.07 bits per heavy atom. The van der Waals surface area contributed by atoms with E-state index in [1.807, 2.05) is 42.5 Å². The first-order chi connectivity index (χ1) is 14.7. The van der Waals surface area contributed by atoms with E-state index in [1.54, 1.807) is 47.4 Å². The Hall–Kier alpha value is -3.67. The van der Waals surface area contributed by atoms with Gasteiger partial charge in [-0.3, -0.25) is 14.6 Å². The van der Waals surface area contributed by atoms with Gasteiger partial charge in [-0.25, -0.2) is 0 Å². The number of methoxy groups -OCH3 is 1. The Morgan fingerprint density at radius 2 is 1.47 bits per heavy atom. The SMILES string of the molecule is COc1ccc(C(=O)N2CCN(C(=O)c3cccc(-c4ccccn4)c3)CC2)cc1. The summed E-state index contributed by atoms with van der Waals surface area (Å²) in [5, 5.41) is 0. The predicted molar refractivity (Wildman–Crippen MR) is 114 cm³/mol. The van der Waals surface area contributed by atoms with Crippen molar-refractivity contribution in [2.24, 2.45) is 0 Å². The molecule has 0 saturated carbocycles. The molecule has 3 aromatic rings. The van der Waals surface area contributed by atoms with E-state index in [2.05, 4.69) is 4.98 Å². The van der Waals surface area contributed by atoms with Gasteiger partial charge < -0.3 is 14.5 Å². The van der Waals surface area contributed by atoms with Crippen molar-refractivity contribution in [1.29, 1.82) is 0 Å². The number of hydrogen-bond acceptors (Lipinski definition) is 4. The van der Waals surface area contributed by atoms with Gasteiger partial charge in [0, 0.05) is 49.1 Å². The van der Waals surface area contributed by atoms with Crippen LogP contribution in [0.25, 0.3) is 11.3 Å². The molecule has 6 heteroatoms. The first kappa shape index (κ1) is 19.6. The van der Waals surface area contributed by atoms with Crippen LogP contribution in [0.4, 0.5) is 0 Å². The third-order valence-electron chi connectivity index (χ3n) is 5.26. The van der Waals surface area contributed by atoms with Crippen molar-refractivity contribution < 1.29 is 14.3 Å². The number of hydrogen-bond donors (Lipinski definition) is 0. The minimum atomic E-state index is -0.0260. The molecule has 0 N–H and O–H groups in total. The Morgan fingerprint density at radius 1 is 0.800 bits per heavy atom. The molecule has 2 amide bonds. The zero-order valence-electron chi connectivity index (χ0n) is 16.8. The third-order valence-corrected chi connectivity index (χ3v) is 5.26. The first-order valence-corrected chi connectivity index (χ1v) is 9.90. The highest BCUT2D eigenvalue weighted by molar-refractivity contribution is 5.96. The average molecular weight is 401 g/mol. The number of benzene rings is 2. The fourth-order valence-corrected chi connectivity index (χ4v) is 3.56. The fraction of sp³-hybridized carbons (Fsp3) is 0.208. The monoisotopic (exact) mass is 401 g/mol. The summed E-state index contributed by atoms with van der Waals surface area (Å²) in [5.74, 6) is 0.668. The second-order valence-electron chi connectivity index (χ2n) is 7.11. The van der Waals surface area contributed by atoms with E-state index in [4.69, 9.17) is 4.74 Å². The number of rotatable bonds is 4. The highest BCUT2D eigenvalue weighted by atomic mass is 16.5. The summed E-state index contributed by atoms with van der Waals surface area (Å²) >= 11 is 0. The Labute approximate surface area is 175 Å². The number of nitrogens with zero attached hydrogens (tertiary/aromatic N) is 3. The molecule has 1 saturated heterocycles. The summed E-state index contributed by atoms with van der Waals surface area (Å²) in [7, 11) is 1.60. The van der Waals surface area contributed by atoms with Gasteiger partial charge in [0.25, 0.3) is 11.8 Å². The van der Waals surface area contributed by atoms with E-state index in [9.17, 15) is 9.59 Å². The summed E-state index contributed by atoms with van der Waals surface area (Å²) in [5.41, 5.74) is 3.00. The summed E-state index contributed by atoms with van der Waals surface area (Å²) in [6.07, 6.45) is 1.74. The van der Waals surface area contributed by atoms with Crippen LogP contribution in [0.5, 0.6) is 5.75 Å². The zero-order valence-corrected chi connectivity index (χ0v) is 16.8. The molecule has 0 atom stereocenters. The molecular formula is C24H23N3O3. The van der Waals surface area contributed by atoms with Gasteiger partial charge in [-0.1, -0.05) is 18.2 Å². The van der Waals surface area contributed by atoms with Gasteiger partial charge in [0.05, 0.1) is 12.8 Å². The molecule has 0 unspecified atom stereocenters. The summed E-state index contributed by atoms with van der Waals surface area (Å²) in [6, 6.07) is 20.3. The zero-order chi connectivity index (χ0) is 20.9. The van der Waals surface area contributed by atoms with E-state index < -0.39 is 0 Å². The van der Waals surface area contributed by atoms with Crippen molar-refractivity contribution in [2.45, 2.75) is 0 Å². The third kappa shape index (κ3) is 4.17. The van der Waals surface area contributed by atoms with E-state index in [1.165, 1.54) is 0 Å². The fourth-order valence-electron chi connectivity index (χ4n) is 3.56. The molecule has 4 rings (SSSR count). The molecule has 1 aromatic heterocycles. The number of amides is 2. The van der Waals surface area contributed by atoms with Gasteiger partial charge in [-0.05, 0) is 48.5 Å². The summed E-state index contributed by atoms with van der Waals surface area (Å²) in [6.45, 7) is 2.04. The Bertz CT molecular complexity index is 1030. The molecule has 0 radical (unpaired) electrons. The molecule has 1 fully saturated rings. The predicted octanol–water partition coefficient (Wildman–Crippen LogP) is 3.36. The minimum Gasteiger partial charge on any atom is -0.497 e. The van der Waals surface area contributed by atoms with Crippen LogP contribution < -0.4 is 4.74 Å². The van der Waals surface area contributed by atoms with Gasteiger partial charge in [0.1, 0.15) is 5.75 Å². The highest BCUT2D eigenvalue weighted by Gasteiger charge is 2.25. The van der Waals surface area contributed by atoms with E-state index in [-0.39, 0.29) is 11.8 Å². The highest BCUT2D eigenvalue weighted by Crippen LogP contribution is 2.20. The number of carbonyl (C=O) groups excluding carboxylic acids is 2. The molecule has 0 aliphatic carbocycles. The summed E-state index contributed by atoms with van der Waals surface area (Å²) in [4.78, 5) is 33.7. The van der Waals surface area contributed by atoms with Crippen LogP contribution in [-0.4, -0.2) is 59.9 Å². The molecule has 152 valence electrons. The van der Waals surface area contributed by atoms with Crippen LogP contribution in [-0.2, 0) is 0 Å². The van der Waals surface area contributed by atoms with E-state index in [0.717, 1.165) is 17.0 Å². The van der Waals surface area contributed by atoms with Crippen LogP contribution in [0.3, 0.4) is 0 Å². The summed E-state index contributed by atoms with van der Waals surface area (Å²) < 4.78 is 5.14.